The monoisotopic (exact) mass is 251 g/mol. The summed E-state index contributed by atoms with van der Waals surface area (Å²) in [4.78, 5) is 21.7. The van der Waals surface area contributed by atoms with Crippen molar-refractivity contribution in [2.45, 2.75) is 20.8 Å². The Kier molecular flexibility index (Phi) is 4.88. The molecule has 0 radical (unpaired) electrons. The predicted molar refractivity (Wildman–Crippen MR) is 72.9 cm³/mol. The number of carbonyl (C=O) groups is 1. The first-order chi connectivity index (χ1) is 8.45. The summed E-state index contributed by atoms with van der Waals surface area (Å²) >= 11 is 0. The van der Waals surface area contributed by atoms with Gasteiger partial charge >= 0.3 is 0 Å². The molecule has 1 aromatic rings. The molecule has 1 amide bonds. The van der Waals surface area contributed by atoms with Crippen molar-refractivity contribution < 1.29 is 4.79 Å². The Morgan fingerprint density at radius 3 is 2.22 bits per heavy atom. The molecule has 0 unspecified atom stereocenters. The topological polar surface area (TPSA) is 70.1 Å². The normalized spacial score (nSPS) is 10.1. The molecule has 18 heavy (non-hydrogen) atoms. The van der Waals surface area contributed by atoms with Crippen molar-refractivity contribution >= 4 is 17.5 Å². The average molecular weight is 251 g/mol. The number of nitrogens with one attached hydrogen (secondary N) is 2. The third-order valence-electron chi connectivity index (χ3n) is 2.51. The highest BCUT2D eigenvalue weighted by Gasteiger charge is 2.10. The summed E-state index contributed by atoms with van der Waals surface area (Å²) in [5.41, 5.74) is 0.925. The Balaban J connectivity index is 2.85. The third kappa shape index (κ3) is 3.58. The van der Waals surface area contributed by atoms with Crippen LogP contribution in [0.15, 0.2) is 0 Å². The number of carbonyl (C=O) groups excluding carboxylic acids is 1. The van der Waals surface area contributed by atoms with Crippen LogP contribution in [0.2, 0.25) is 0 Å². The molecule has 0 aliphatic heterocycles. The van der Waals surface area contributed by atoms with E-state index in [4.69, 9.17) is 0 Å². The smallest absolute Gasteiger partial charge is 0.241 e. The molecular formula is C12H21N5O. The number of aryl methyl sites for hydroxylation is 1. The summed E-state index contributed by atoms with van der Waals surface area (Å²) in [6, 6.07) is 0. The molecule has 100 valence electrons. The van der Waals surface area contributed by atoms with E-state index in [1.165, 1.54) is 0 Å². The van der Waals surface area contributed by atoms with Gasteiger partial charge in [-0.1, -0.05) is 0 Å². The first-order valence-electron chi connectivity index (χ1n) is 5.98. The lowest BCUT2D eigenvalue weighted by atomic mass is 10.3. The SMILES string of the molecule is CCNc1nc(C)nc(NCC(=O)N(C)C)c1C. The molecule has 1 rings (SSSR count). The van der Waals surface area contributed by atoms with Crippen molar-refractivity contribution in [3.8, 4) is 0 Å². The molecule has 0 saturated carbocycles. The van der Waals surface area contributed by atoms with E-state index in [1.54, 1.807) is 19.0 Å². The van der Waals surface area contributed by atoms with Crippen LogP contribution >= 0.6 is 0 Å². The highest BCUT2D eigenvalue weighted by molar-refractivity contribution is 5.80. The maximum Gasteiger partial charge on any atom is 0.241 e. The average Bonchev–Trinajstić information content (AvgIpc) is 2.31. The maximum absolute atomic E-state index is 11.5. The van der Waals surface area contributed by atoms with Gasteiger partial charge in [-0.15, -0.1) is 0 Å². The van der Waals surface area contributed by atoms with Crippen LogP contribution in [-0.2, 0) is 4.79 Å². The molecule has 0 aromatic carbocycles. The summed E-state index contributed by atoms with van der Waals surface area (Å²) in [7, 11) is 3.46. The number of anilines is 2. The largest absolute Gasteiger partial charge is 0.370 e. The number of nitrogens with zero attached hydrogens (tertiary/aromatic N) is 3. The van der Waals surface area contributed by atoms with Gasteiger partial charge in [0.15, 0.2) is 0 Å². The molecule has 6 nitrogen and oxygen atoms in total. The summed E-state index contributed by atoms with van der Waals surface area (Å²) in [6.45, 7) is 6.81. The van der Waals surface area contributed by atoms with Gasteiger partial charge in [-0.2, -0.15) is 0 Å². The number of amides is 1. The number of likely N-dealkylation sites (N-methyl/N-ethyl adjacent to an activating group) is 1. The lowest BCUT2D eigenvalue weighted by Gasteiger charge is -2.15. The first kappa shape index (κ1) is 14.2. The minimum atomic E-state index is 0.00988. The van der Waals surface area contributed by atoms with Crippen LogP contribution in [0.3, 0.4) is 0 Å². The fourth-order valence-corrected chi connectivity index (χ4v) is 1.46. The number of aromatic nitrogens is 2. The second-order valence-electron chi connectivity index (χ2n) is 4.27. The summed E-state index contributed by atoms with van der Waals surface area (Å²) in [5, 5.41) is 6.23. The maximum atomic E-state index is 11.5. The Morgan fingerprint density at radius 2 is 1.72 bits per heavy atom. The van der Waals surface area contributed by atoms with E-state index in [1.807, 2.05) is 20.8 Å². The van der Waals surface area contributed by atoms with Crippen LogP contribution in [0, 0.1) is 13.8 Å². The molecular weight excluding hydrogens is 230 g/mol. The van der Waals surface area contributed by atoms with Crippen LogP contribution in [0.25, 0.3) is 0 Å². The molecule has 6 heteroatoms. The Hall–Kier alpha value is -1.85. The van der Waals surface area contributed by atoms with Gasteiger partial charge in [0, 0.05) is 26.2 Å². The lowest BCUT2D eigenvalue weighted by Crippen LogP contribution is -2.29. The number of hydrogen-bond donors (Lipinski definition) is 2. The van der Waals surface area contributed by atoms with Gasteiger partial charge in [0.1, 0.15) is 17.5 Å². The molecule has 0 spiro atoms. The molecule has 2 N–H and O–H groups in total. The highest BCUT2D eigenvalue weighted by atomic mass is 16.2. The molecule has 0 bridgehead atoms. The molecule has 1 heterocycles. The molecule has 0 saturated heterocycles. The number of hydrogen-bond acceptors (Lipinski definition) is 5. The van der Waals surface area contributed by atoms with E-state index in [0.29, 0.717) is 11.6 Å². The second kappa shape index (κ2) is 6.18. The number of rotatable bonds is 5. The Bertz CT molecular complexity index is 431. The fraction of sp³-hybridized carbons (Fsp3) is 0.583. The van der Waals surface area contributed by atoms with Gasteiger partial charge in [0.2, 0.25) is 5.91 Å². The quantitative estimate of drug-likeness (QED) is 0.818. The zero-order valence-electron chi connectivity index (χ0n) is 11.7. The zero-order valence-corrected chi connectivity index (χ0v) is 11.7. The lowest BCUT2D eigenvalue weighted by molar-refractivity contribution is -0.126. The van der Waals surface area contributed by atoms with Crippen molar-refractivity contribution in [2.75, 3.05) is 37.8 Å². The first-order valence-corrected chi connectivity index (χ1v) is 5.98. The van der Waals surface area contributed by atoms with Gasteiger partial charge < -0.3 is 15.5 Å². The van der Waals surface area contributed by atoms with Crippen molar-refractivity contribution in [3.05, 3.63) is 11.4 Å². The standard InChI is InChI=1S/C12H21N5O/c1-6-13-11-8(2)12(16-9(3)15-11)14-7-10(18)17(4)5/h6-7H2,1-5H3,(H2,13,14,15,16). The highest BCUT2D eigenvalue weighted by Crippen LogP contribution is 2.19. The van der Waals surface area contributed by atoms with E-state index < -0.39 is 0 Å². The van der Waals surface area contributed by atoms with Crippen LogP contribution < -0.4 is 10.6 Å². The van der Waals surface area contributed by atoms with E-state index in [-0.39, 0.29) is 12.5 Å². The van der Waals surface area contributed by atoms with Gasteiger partial charge in [0.25, 0.3) is 0 Å². The Labute approximate surface area is 108 Å². The molecule has 0 atom stereocenters. The van der Waals surface area contributed by atoms with Gasteiger partial charge in [-0.05, 0) is 20.8 Å². The van der Waals surface area contributed by atoms with Crippen molar-refractivity contribution in [1.82, 2.24) is 14.9 Å². The fourth-order valence-electron chi connectivity index (χ4n) is 1.46. The molecule has 1 aromatic heterocycles. The second-order valence-corrected chi connectivity index (χ2v) is 4.27. The van der Waals surface area contributed by atoms with E-state index >= 15 is 0 Å². The van der Waals surface area contributed by atoms with Crippen LogP contribution in [0.5, 0.6) is 0 Å². The van der Waals surface area contributed by atoms with Crippen LogP contribution in [0.1, 0.15) is 18.3 Å². The van der Waals surface area contributed by atoms with E-state index in [9.17, 15) is 4.79 Å². The van der Waals surface area contributed by atoms with E-state index in [0.717, 1.165) is 17.9 Å². The Morgan fingerprint density at radius 1 is 1.17 bits per heavy atom. The summed E-state index contributed by atoms with van der Waals surface area (Å²) < 4.78 is 0. The third-order valence-corrected chi connectivity index (χ3v) is 2.51. The van der Waals surface area contributed by atoms with Crippen molar-refractivity contribution in [3.63, 3.8) is 0 Å². The van der Waals surface area contributed by atoms with Crippen molar-refractivity contribution in [2.24, 2.45) is 0 Å². The summed E-state index contributed by atoms with van der Waals surface area (Å²) in [6.07, 6.45) is 0. The minimum absolute atomic E-state index is 0.00988. The molecule has 0 fully saturated rings. The molecule has 0 aliphatic carbocycles. The van der Waals surface area contributed by atoms with E-state index in [2.05, 4.69) is 20.6 Å². The van der Waals surface area contributed by atoms with Crippen molar-refractivity contribution in [1.29, 1.82) is 0 Å². The minimum Gasteiger partial charge on any atom is -0.370 e. The van der Waals surface area contributed by atoms with Gasteiger partial charge in [0.05, 0.1) is 6.54 Å². The zero-order chi connectivity index (χ0) is 13.7. The van der Waals surface area contributed by atoms with Gasteiger partial charge in [-0.25, -0.2) is 9.97 Å². The van der Waals surface area contributed by atoms with Crippen LogP contribution in [-0.4, -0.2) is 48.0 Å². The molecule has 0 aliphatic rings. The van der Waals surface area contributed by atoms with Gasteiger partial charge in [-0.3, -0.25) is 4.79 Å². The predicted octanol–water partition coefficient (Wildman–Crippen LogP) is 1.03. The van der Waals surface area contributed by atoms with Crippen LogP contribution in [0.4, 0.5) is 11.6 Å². The summed E-state index contributed by atoms with van der Waals surface area (Å²) in [5.74, 6) is 2.20.